The molecule has 0 amide bonds. The Hall–Kier alpha value is -1.03. The van der Waals surface area contributed by atoms with Gasteiger partial charge in [-0.15, -0.1) is 0 Å². The topological polar surface area (TPSA) is 3.24 Å². The van der Waals surface area contributed by atoms with E-state index in [-0.39, 0.29) is 5.92 Å². The predicted molar refractivity (Wildman–Crippen MR) is 60.9 cm³/mol. The summed E-state index contributed by atoms with van der Waals surface area (Å²) in [5, 5.41) is 0. The van der Waals surface area contributed by atoms with E-state index in [9.17, 15) is 13.2 Å². The highest BCUT2D eigenvalue weighted by Gasteiger charge is 2.35. The molecule has 0 aromatic heterocycles. The number of likely N-dealkylation sites (tertiary alicyclic amines) is 1. The summed E-state index contributed by atoms with van der Waals surface area (Å²) in [6.45, 7) is 1.69. The zero-order valence-electron chi connectivity index (χ0n) is 9.80. The average Bonchev–Trinajstić information content (AvgIpc) is 2.28. The van der Waals surface area contributed by atoms with Crippen molar-refractivity contribution in [2.45, 2.75) is 24.9 Å². The third-order valence-electron chi connectivity index (χ3n) is 3.33. The first-order chi connectivity index (χ1) is 7.98. The van der Waals surface area contributed by atoms with Gasteiger partial charge in [-0.25, -0.2) is 0 Å². The standard InChI is InChI=1S/C13H16F3N/c1-17-8-4-5-10(9-17)11-6-2-3-7-12(11)13(14,15)16/h2-3,6-7,10H,4-5,8-9H2,1H3. The second-order valence-electron chi connectivity index (χ2n) is 4.69. The molecular weight excluding hydrogens is 227 g/mol. The molecule has 1 nitrogen and oxygen atoms in total. The third-order valence-corrected chi connectivity index (χ3v) is 3.33. The fourth-order valence-electron chi connectivity index (χ4n) is 2.53. The molecule has 0 radical (unpaired) electrons. The highest BCUT2D eigenvalue weighted by molar-refractivity contribution is 5.33. The Balaban J connectivity index is 2.31. The Kier molecular flexibility index (Phi) is 3.43. The van der Waals surface area contributed by atoms with Gasteiger partial charge >= 0.3 is 6.18 Å². The van der Waals surface area contributed by atoms with Crippen molar-refractivity contribution < 1.29 is 13.2 Å². The summed E-state index contributed by atoms with van der Waals surface area (Å²) in [6.07, 6.45) is -2.43. The maximum absolute atomic E-state index is 12.9. The van der Waals surface area contributed by atoms with Crippen molar-refractivity contribution in [2.75, 3.05) is 20.1 Å². The molecule has 94 valence electrons. The van der Waals surface area contributed by atoms with E-state index in [2.05, 4.69) is 4.90 Å². The van der Waals surface area contributed by atoms with Crippen LogP contribution < -0.4 is 0 Å². The van der Waals surface area contributed by atoms with Crippen molar-refractivity contribution in [3.8, 4) is 0 Å². The number of benzene rings is 1. The van der Waals surface area contributed by atoms with Gasteiger partial charge in [-0.05, 0) is 44.0 Å². The smallest absolute Gasteiger partial charge is 0.306 e. The van der Waals surface area contributed by atoms with Crippen LogP contribution in [0, 0.1) is 0 Å². The van der Waals surface area contributed by atoms with Crippen molar-refractivity contribution in [1.29, 1.82) is 0 Å². The van der Waals surface area contributed by atoms with Crippen LogP contribution >= 0.6 is 0 Å². The highest BCUT2D eigenvalue weighted by atomic mass is 19.4. The van der Waals surface area contributed by atoms with Gasteiger partial charge in [-0.1, -0.05) is 18.2 Å². The minimum absolute atomic E-state index is 0.00609. The fraction of sp³-hybridized carbons (Fsp3) is 0.538. The molecular formula is C13H16F3N. The van der Waals surface area contributed by atoms with Crippen molar-refractivity contribution in [3.05, 3.63) is 35.4 Å². The summed E-state index contributed by atoms with van der Waals surface area (Å²) in [6, 6.07) is 5.95. The van der Waals surface area contributed by atoms with Crippen LogP contribution in [0.4, 0.5) is 13.2 Å². The highest BCUT2D eigenvalue weighted by Crippen LogP contribution is 2.37. The predicted octanol–water partition coefficient (Wildman–Crippen LogP) is 3.51. The number of halogens is 3. The maximum atomic E-state index is 12.9. The van der Waals surface area contributed by atoms with Crippen LogP contribution in [-0.4, -0.2) is 25.0 Å². The van der Waals surface area contributed by atoms with Gasteiger partial charge in [0.25, 0.3) is 0 Å². The van der Waals surface area contributed by atoms with Crippen LogP contribution in [0.2, 0.25) is 0 Å². The Labute approximate surface area is 99.2 Å². The van der Waals surface area contributed by atoms with Crippen molar-refractivity contribution in [1.82, 2.24) is 4.90 Å². The molecule has 0 spiro atoms. The molecule has 0 aliphatic carbocycles. The molecule has 1 aromatic carbocycles. The minimum Gasteiger partial charge on any atom is -0.306 e. The normalized spacial score (nSPS) is 22.7. The Morgan fingerprint density at radius 1 is 1.24 bits per heavy atom. The lowest BCUT2D eigenvalue weighted by Gasteiger charge is -2.31. The fourth-order valence-corrected chi connectivity index (χ4v) is 2.53. The number of nitrogens with zero attached hydrogens (tertiary/aromatic N) is 1. The largest absolute Gasteiger partial charge is 0.416 e. The monoisotopic (exact) mass is 243 g/mol. The molecule has 4 heteroatoms. The van der Waals surface area contributed by atoms with Gasteiger partial charge in [0.05, 0.1) is 5.56 Å². The molecule has 0 bridgehead atoms. The summed E-state index contributed by atoms with van der Waals surface area (Å²) in [4.78, 5) is 2.10. The average molecular weight is 243 g/mol. The van der Waals surface area contributed by atoms with E-state index in [0.29, 0.717) is 12.1 Å². The van der Waals surface area contributed by atoms with Crippen LogP contribution in [0.5, 0.6) is 0 Å². The number of hydrogen-bond donors (Lipinski definition) is 0. The first-order valence-corrected chi connectivity index (χ1v) is 5.83. The molecule has 1 unspecified atom stereocenters. The third kappa shape index (κ3) is 2.80. The van der Waals surface area contributed by atoms with Gasteiger partial charge in [0, 0.05) is 6.54 Å². The van der Waals surface area contributed by atoms with Gasteiger partial charge in [0.15, 0.2) is 0 Å². The number of rotatable bonds is 1. The van der Waals surface area contributed by atoms with Crippen LogP contribution in [0.15, 0.2) is 24.3 Å². The minimum atomic E-state index is -4.24. The molecule has 1 aliphatic rings. The van der Waals surface area contributed by atoms with Gasteiger partial charge < -0.3 is 4.90 Å². The lowest BCUT2D eigenvalue weighted by Crippen LogP contribution is -2.31. The summed E-state index contributed by atoms with van der Waals surface area (Å²) < 4.78 is 38.7. The van der Waals surface area contributed by atoms with E-state index < -0.39 is 11.7 Å². The molecule has 1 fully saturated rings. The zero-order valence-corrected chi connectivity index (χ0v) is 9.80. The van der Waals surface area contributed by atoms with Crippen molar-refractivity contribution >= 4 is 0 Å². The second-order valence-corrected chi connectivity index (χ2v) is 4.69. The Bertz CT molecular complexity index is 386. The lowest BCUT2D eigenvalue weighted by atomic mass is 9.87. The summed E-state index contributed by atoms with van der Waals surface area (Å²) in [7, 11) is 1.96. The summed E-state index contributed by atoms with van der Waals surface area (Å²) >= 11 is 0. The molecule has 1 aliphatic heterocycles. The lowest BCUT2D eigenvalue weighted by molar-refractivity contribution is -0.138. The number of hydrogen-bond acceptors (Lipinski definition) is 1. The van der Waals surface area contributed by atoms with E-state index in [1.807, 2.05) is 7.05 Å². The quantitative estimate of drug-likeness (QED) is 0.729. The first kappa shape index (κ1) is 12.4. The summed E-state index contributed by atoms with van der Waals surface area (Å²) in [5.41, 5.74) is -0.0214. The van der Waals surface area contributed by atoms with Crippen molar-refractivity contribution in [2.24, 2.45) is 0 Å². The zero-order chi connectivity index (χ0) is 12.5. The molecule has 2 rings (SSSR count). The Morgan fingerprint density at radius 2 is 1.94 bits per heavy atom. The van der Waals surface area contributed by atoms with Crippen LogP contribution in [0.3, 0.4) is 0 Å². The number of likely N-dealkylation sites (N-methyl/N-ethyl adjacent to an activating group) is 1. The van der Waals surface area contributed by atoms with E-state index in [0.717, 1.165) is 19.4 Å². The van der Waals surface area contributed by atoms with E-state index in [1.54, 1.807) is 12.1 Å². The molecule has 17 heavy (non-hydrogen) atoms. The van der Waals surface area contributed by atoms with Gasteiger partial charge in [0.2, 0.25) is 0 Å². The Morgan fingerprint density at radius 3 is 2.59 bits per heavy atom. The molecule has 0 saturated carbocycles. The van der Waals surface area contributed by atoms with Gasteiger partial charge in [-0.2, -0.15) is 13.2 Å². The first-order valence-electron chi connectivity index (χ1n) is 5.83. The van der Waals surface area contributed by atoms with Gasteiger partial charge in [-0.3, -0.25) is 0 Å². The van der Waals surface area contributed by atoms with Crippen molar-refractivity contribution in [3.63, 3.8) is 0 Å². The summed E-state index contributed by atoms with van der Waals surface area (Å²) in [5.74, 6) is 0.00609. The second kappa shape index (κ2) is 4.69. The van der Waals surface area contributed by atoms with E-state index >= 15 is 0 Å². The maximum Gasteiger partial charge on any atom is 0.416 e. The molecule has 1 atom stereocenters. The van der Waals surface area contributed by atoms with Crippen LogP contribution in [0.1, 0.15) is 29.9 Å². The van der Waals surface area contributed by atoms with Crippen LogP contribution in [-0.2, 0) is 6.18 Å². The SMILES string of the molecule is CN1CCCC(c2ccccc2C(F)(F)F)C1. The molecule has 0 N–H and O–H groups in total. The number of piperidine rings is 1. The van der Waals surface area contributed by atoms with Gasteiger partial charge in [0.1, 0.15) is 0 Å². The van der Waals surface area contributed by atoms with E-state index in [4.69, 9.17) is 0 Å². The van der Waals surface area contributed by atoms with E-state index in [1.165, 1.54) is 12.1 Å². The molecule has 1 aromatic rings. The van der Waals surface area contributed by atoms with Crippen LogP contribution in [0.25, 0.3) is 0 Å². The molecule has 1 saturated heterocycles. The molecule has 1 heterocycles. The number of alkyl halides is 3.